The smallest absolute Gasteiger partial charge is 0.328 e. The molecule has 0 unspecified atom stereocenters. The van der Waals surface area contributed by atoms with E-state index in [0.717, 1.165) is 10.0 Å². The van der Waals surface area contributed by atoms with Crippen molar-refractivity contribution in [3.05, 3.63) is 82.5 Å². The molecule has 0 saturated carbocycles. The molecule has 3 amide bonds. The van der Waals surface area contributed by atoms with E-state index in [1.165, 1.54) is 4.68 Å². The van der Waals surface area contributed by atoms with Crippen LogP contribution in [0.25, 0.3) is 10.9 Å². The van der Waals surface area contributed by atoms with Gasteiger partial charge in [-0.1, -0.05) is 22.0 Å². The molecule has 40 heavy (non-hydrogen) atoms. The van der Waals surface area contributed by atoms with Crippen molar-refractivity contribution in [1.82, 2.24) is 9.99 Å². The number of ether oxygens (including phenoxy) is 3. The zero-order valence-electron chi connectivity index (χ0n) is 22.2. The Morgan fingerprint density at radius 3 is 2.33 bits per heavy atom. The number of fused-ring (bicyclic) bond motifs is 1. The minimum absolute atomic E-state index is 0.147. The van der Waals surface area contributed by atoms with Crippen LogP contribution in [0, 0.1) is 0 Å². The first-order valence-corrected chi connectivity index (χ1v) is 13.3. The number of amides is 3. The fourth-order valence-corrected chi connectivity index (χ4v) is 4.44. The Morgan fingerprint density at radius 1 is 0.875 bits per heavy atom. The average Bonchev–Trinajstić information content (AvgIpc) is 3.31. The van der Waals surface area contributed by atoms with Crippen molar-refractivity contribution in [2.75, 3.05) is 38.1 Å². The number of hydrogen-bond donors (Lipinski definition) is 3. The Bertz CT molecular complexity index is 1530. The number of nitrogens with zero attached hydrogens (tertiary/aromatic N) is 1. The lowest BCUT2D eigenvalue weighted by Gasteiger charge is -2.13. The maximum absolute atomic E-state index is 13.2. The summed E-state index contributed by atoms with van der Waals surface area (Å²) in [6.07, 6.45) is 0.468. The molecule has 0 atom stereocenters. The SMILES string of the molecule is CCOc1ccc(NC(=O)c2cc3cc(Br)ccc3n2NC(=O)C(=O)NCCc2ccc(OC)c(OC)c2)cc1. The number of hydrogen-bond acceptors (Lipinski definition) is 6. The van der Waals surface area contributed by atoms with Crippen LogP contribution < -0.4 is 30.3 Å². The highest BCUT2D eigenvalue weighted by Gasteiger charge is 2.21. The zero-order valence-corrected chi connectivity index (χ0v) is 23.8. The van der Waals surface area contributed by atoms with Crippen molar-refractivity contribution < 1.29 is 28.6 Å². The number of carbonyl (C=O) groups excluding carboxylic acids is 3. The van der Waals surface area contributed by atoms with Crippen LogP contribution in [0.15, 0.2) is 71.2 Å². The van der Waals surface area contributed by atoms with E-state index >= 15 is 0 Å². The van der Waals surface area contributed by atoms with E-state index in [0.29, 0.717) is 46.9 Å². The molecule has 4 rings (SSSR count). The van der Waals surface area contributed by atoms with Crippen LogP contribution in [-0.4, -0.2) is 49.8 Å². The lowest BCUT2D eigenvalue weighted by molar-refractivity contribution is -0.136. The van der Waals surface area contributed by atoms with Gasteiger partial charge in [-0.15, -0.1) is 0 Å². The third-order valence-corrected chi connectivity index (χ3v) is 6.48. The number of anilines is 1. The molecule has 0 saturated heterocycles. The number of halogens is 1. The Kier molecular flexibility index (Phi) is 9.28. The summed E-state index contributed by atoms with van der Waals surface area (Å²) in [5.74, 6) is -0.357. The van der Waals surface area contributed by atoms with Crippen LogP contribution in [0.1, 0.15) is 23.0 Å². The summed E-state index contributed by atoms with van der Waals surface area (Å²) in [5, 5.41) is 6.13. The van der Waals surface area contributed by atoms with Gasteiger partial charge in [-0.25, -0.2) is 4.68 Å². The van der Waals surface area contributed by atoms with Crippen LogP contribution in [0.3, 0.4) is 0 Å². The van der Waals surface area contributed by atoms with E-state index in [9.17, 15) is 14.4 Å². The predicted molar refractivity (Wildman–Crippen MR) is 156 cm³/mol. The Labute approximate surface area is 239 Å². The number of aromatic nitrogens is 1. The molecule has 3 N–H and O–H groups in total. The number of rotatable bonds is 10. The average molecular weight is 609 g/mol. The molecular formula is C29H29BrN4O6. The number of benzene rings is 3. The van der Waals surface area contributed by atoms with Crippen molar-refractivity contribution in [1.29, 1.82) is 0 Å². The van der Waals surface area contributed by atoms with Crippen LogP contribution in [0.2, 0.25) is 0 Å². The molecule has 208 valence electrons. The second-order valence-corrected chi connectivity index (χ2v) is 9.53. The van der Waals surface area contributed by atoms with E-state index in [-0.39, 0.29) is 12.2 Å². The van der Waals surface area contributed by atoms with Crippen molar-refractivity contribution in [2.24, 2.45) is 0 Å². The lowest BCUT2D eigenvalue weighted by Crippen LogP contribution is -2.40. The summed E-state index contributed by atoms with van der Waals surface area (Å²) >= 11 is 3.43. The highest BCUT2D eigenvalue weighted by atomic mass is 79.9. The Hall–Kier alpha value is -4.51. The van der Waals surface area contributed by atoms with Crippen molar-refractivity contribution in [2.45, 2.75) is 13.3 Å². The zero-order chi connectivity index (χ0) is 28.6. The van der Waals surface area contributed by atoms with E-state index in [1.54, 1.807) is 62.8 Å². The fraction of sp³-hybridized carbons (Fsp3) is 0.207. The Balaban J connectivity index is 1.46. The standard InChI is InChI=1S/C29H29BrN4O6/c1-4-40-22-9-7-21(8-10-22)32-27(35)24-17-19-16-20(30)6-11-23(19)34(24)33-29(37)28(36)31-14-13-18-5-12-25(38-2)26(15-18)39-3/h5-12,15-17H,4,13-14H2,1-3H3,(H,31,36)(H,32,35)(H,33,37). The second-order valence-electron chi connectivity index (χ2n) is 8.62. The molecule has 0 spiro atoms. The Morgan fingerprint density at radius 2 is 1.62 bits per heavy atom. The number of carbonyl (C=O) groups is 3. The maximum atomic E-state index is 13.2. The van der Waals surface area contributed by atoms with Crippen molar-refractivity contribution >= 4 is 50.2 Å². The summed E-state index contributed by atoms with van der Waals surface area (Å²) in [7, 11) is 3.10. The van der Waals surface area contributed by atoms with Crippen LogP contribution >= 0.6 is 15.9 Å². The fourth-order valence-electron chi connectivity index (χ4n) is 4.06. The van der Waals surface area contributed by atoms with E-state index < -0.39 is 17.7 Å². The predicted octanol–water partition coefficient (Wildman–Crippen LogP) is 4.50. The lowest BCUT2D eigenvalue weighted by atomic mass is 10.1. The third kappa shape index (κ3) is 6.73. The molecule has 10 nitrogen and oxygen atoms in total. The summed E-state index contributed by atoms with van der Waals surface area (Å²) in [5.41, 5.74) is 4.70. The molecule has 4 aromatic rings. The molecule has 0 fully saturated rings. The molecule has 0 aliphatic heterocycles. The topological polar surface area (TPSA) is 120 Å². The van der Waals surface area contributed by atoms with E-state index in [2.05, 4.69) is 32.0 Å². The van der Waals surface area contributed by atoms with Gasteiger partial charge in [0, 0.05) is 22.1 Å². The molecular weight excluding hydrogens is 580 g/mol. The van der Waals surface area contributed by atoms with Gasteiger partial charge in [-0.3, -0.25) is 19.8 Å². The first kappa shape index (κ1) is 28.5. The largest absolute Gasteiger partial charge is 0.494 e. The summed E-state index contributed by atoms with van der Waals surface area (Å²) in [6.45, 7) is 2.64. The normalized spacial score (nSPS) is 10.6. The summed E-state index contributed by atoms with van der Waals surface area (Å²) < 4.78 is 18.1. The minimum atomic E-state index is -0.914. The van der Waals surface area contributed by atoms with Crippen molar-refractivity contribution in [3.8, 4) is 17.2 Å². The van der Waals surface area contributed by atoms with Gasteiger partial charge in [0.15, 0.2) is 11.5 Å². The van der Waals surface area contributed by atoms with E-state index in [1.807, 2.05) is 25.1 Å². The first-order chi connectivity index (χ1) is 19.3. The highest BCUT2D eigenvalue weighted by molar-refractivity contribution is 9.10. The molecule has 1 heterocycles. The molecule has 0 radical (unpaired) electrons. The third-order valence-electron chi connectivity index (χ3n) is 5.99. The van der Waals surface area contributed by atoms with Gasteiger partial charge >= 0.3 is 11.8 Å². The van der Waals surface area contributed by atoms with E-state index in [4.69, 9.17) is 14.2 Å². The molecule has 1 aromatic heterocycles. The van der Waals surface area contributed by atoms with Crippen LogP contribution in [-0.2, 0) is 16.0 Å². The van der Waals surface area contributed by atoms with Gasteiger partial charge < -0.3 is 24.8 Å². The number of methoxy groups -OCH3 is 2. The van der Waals surface area contributed by atoms with Gasteiger partial charge in [0.25, 0.3) is 5.91 Å². The quantitative estimate of drug-likeness (QED) is 0.228. The monoisotopic (exact) mass is 608 g/mol. The molecule has 0 aliphatic rings. The molecule has 0 aliphatic carbocycles. The summed E-state index contributed by atoms with van der Waals surface area (Å²) in [6, 6.07) is 19.3. The number of nitrogens with one attached hydrogen (secondary N) is 3. The molecule has 11 heteroatoms. The van der Waals surface area contributed by atoms with Gasteiger partial charge in [-0.05, 0) is 79.6 Å². The maximum Gasteiger partial charge on any atom is 0.328 e. The molecule has 0 bridgehead atoms. The van der Waals surface area contributed by atoms with Crippen LogP contribution in [0.5, 0.6) is 17.2 Å². The van der Waals surface area contributed by atoms with Gasteiger partial charge in [0.2, 0.25) is 0 Å². The van der Waals surface area contributed by atoms with Gasteiger partial charge in [0.05, 0.1) is 26.3 Å². The van der Waals surface area contributed by atoms with Gasteiger partial charge in [0.1, 0.15) is 11.4 Å². The van der Waals surface area contributed by atoms with Crippen LogP contribution in [0.4, 0.5) is 5.69 Å². The second kappa shape index (κ2) is 13.0. The first-order valence-electron chi connectivity index (χ1n) is 12.5. The minimum Gasteiger partial charge on any atom is -0.494 e. The summed E-state index contributed by atoms with van der Waals surface area (Å²) in [4.78, 5) is 38.7. The van der Waals surface area contributed by atoms with Gasteiger partial charge in [-0.2, -0.15) is 0 Å². The highest BCUT2D eigenvalue weighted by Crippen LogP contribution is 2.28. The molecule has 3 aromatic carbocycles. The van der Waals surface area contributed by atoms with Crippen molar-refractivity contribution in [3.63, 3.8) is 0 Å².